The molecule has 0 aromatic heterocycles. The van der Waals surface area contributed by atoms with Crippen molar-refractivity contribution in [1.82, 2.24) is 4.90 Å². The third-order valence-corrected chi connectivity index (χ3v) is 4.32. The Morgan fingerprint density at radius 2 is 1.95 bits per heavy atom. The van der Waals surface area contributed by atoms with Crippen LogP contribution in [-0.2, 0) is 0 Å². The van der Waals surface area contributed by atoms with E-state index in [0.29, 0.717) is 5.69 Å². The van der Waals surface area contributed by atoms with Crippen LogP contribution in [0.3, 0.4) is 0 Å². The number of nitrogens with one attached hydrogen (secondary N) is 1. The van der Waals surface area contributed by atoms with Crippen molar-refractivity contribution in [3.8, 4) is 0 Å². The molecule has 0 unspecified atom stereocenters. The van der Waals surface area contributed by atoms with Gasteiger partial charge < -0.3 is 5.32 Å². The molecule has 1 saturated heterocycles. The highest BCUT2D eigenvalue weighted by Gasteiger charge is 2.19. The zero-order valence-corrected chi connectivity index (χ0v) is 14.0. The fourth-order valence-electron chi connectivity index (χ4n) is 2.42. The van der Waals surface area contributed by atoms with E-state index in [2.05, 4.69) is 46.1 Å². The van der Waals surface area contributed by atoms with Crippen molar-refractivity contribution in [2.45, 2.75) is 32.7 Å². The largest absolute Gasteiger partial charge is 0.380 e. The van der Waals surface area contributed by atoms with Crippen LogP contribution in [0.4, 0.5) is 14.5 Å². The number of halogens is 3. The van der Waals surface area contributed by atoms with E-state index < -0.39 is 11.6 Å². The molecule has 1 aromatic carbocycles. The average molecular weight is 359 g/mol. The maximum absolute atomic E-state index is 13.7. The van der Waals surface area contributed by atoms with Gasteiger partial charge in [-0.2, -0.15) is 0 Å². The van der Waals surface area contributed by atoms with E-state index in [1.165, 1.54) is 11.6 Å². The Morgan fingerprint density at radius 1 is 1.29 bits per heavy atom. The lowest BCUT2D eigenvalue weighted by Gasteiger charge is -2.32. The van der Waals surface area contributed by atoms with Gasteiger partial charge in [-0.25, -0.2) is 8.78 Å². The van der Waals surface area contributed by atoms with E-state index in [4.69, 9.17) is 0 Å². The highest BCUT2D eigenvalue weighted by atomic mass is 79.9. The summed E-state index contributed by atoms with van der Waals surface area (Å²) in [6.07, 6.45) is 4.15. The fraction of sp³-hybridized carbons (Fsp3) is 0.500. The summed E-state index contributed by atoms with van der Waals surface area (Å²) in [6, 6.07) is 2.62. The van der Waals surface area contributed by atoms with Crippen LogP contribution in [0.2, 0.25) is 0 Å². The molecule has 1 aromatic rings. The molecular formula is C16H21BrF2N2. The van der Waals surface area contributed by atoms with Gasteiger partial charge in [0.15, 0.2) is 0 Å². The van der Waals surface area contributed by atoms with E-state index in [1.807, 2.05) is 0 Å². The Balaban J connectivity index is 1.89. The number of rotatable bonds is 4. The zero-order chi connectivity index (χ0) is 15.4. The van der Waals surface area contributed by atoms with E-state index in [-0.39, 0.29) is 10.5 Å². The van der Waals surface area contributed by atoms with Gasteiger partial charge in [-0.1, -0.05) is 11.6 Å². The van der Waals surface area contributed by atoms with E-state index in [0.717, 1.165) is 38.5 Å². The summed E-state index contributed by atoms with van der Waals surface area (Å²) in [4.78, 5) is 2.39. The van der Waals surface area contributed by atoms with E-state index in [1.54, 1.807) is 0 Å². The minimum Gasteiger partial charge on any atom is -0.380 e. The molecule has 1 aliphatic rings. The molecule has 1 N–H and O–H groups in total. The summed E-state index contributed by atoms with van der Waals surface area (Å²) < 4.78 is 27.2. The lowest BCUT2D eigenvalue weighted by Crippen LogP contribution is -2.39. The predicted octanol–water partition coefficient (Wildman–Crippen LogP) is 4.57. The lowest BCUT2D eigenvalue weighted by molar-refractivity contribution is 0.239. The van der Waals surface area contributed by atoms with Crippen LogP contribution in [0.25, 0.3) is 0 Å². The average Bonchev–Trinajstić information content (AvgIpc) is 2.44. The number of piperidine rings is 1. The highest BCUT2D eigenvalue weighted by molar-refractivity contribution is 9.10. The molecule has 0 radical (unpaired) electrons. The minimum atomic E-state index is -0.574. The van der Waals surface area contributed by atoms with Gasteiger partial charge in [0, 0.05) is 31.7 Å². The summed E-state index contributed by atoms with van der Waals surface area (Å²) in [7, 11) is 0. The van der Waals surface area contributed by atoms with E-state index in [9.17, 15) is 8.78 Å². The summed E-state index contributed by atoms with van der Waals surface area (Å²) in [5.41, 5.74) is 1.69. The summed E-state index contributed by atoms with van der Waals surface area (Å²) in [6.45, 7) is 7.16. The number of hydrogen-bond acceptors (Lipinski definition) is 2. The molecule has 116 valence electrons. The number of allylic oxidation sites excluding steroid dienone is 1. The predicted molar refractivity (Wildman–Crippen MR) is 86.6 cm³/mol. The molecule has 1 heterocycles. The molecule has 0 aliphatic carbocycles. The molecule has 0 spiro atoms. The van der Waals surface area contributed by atoms with Gasteiger partial charge in [0.2, 0.25) is 0 Å². The third kappa shape index (κ3) is 4.78. The van der Waals surface area contributed by atoms with Gasteiger partial charge in [0.25, 0.3) is 0 Å². The molecular weight excluding hydrogens is 338 g/mol. The summed E-state index contributed by atoms with van der Waals surface area (Å²) in [5.74, 6) is -1.11. The van der Waals surface area contributed by atoms with Crippen LogP contribution in [0.1, 0.15) is 26.7 Å². The van der Waals surface area contributed by atoms with Gasteiger partial charge in [0.1, 0.15) is 11.6 Å². The second kappa shape index (κ2) is 7.36. The quantitative estimate of drug-likeness (QED) is 0.626. The maximum atomic E-state index is 13.7. The van der Waals surface area contributed by atoms with Crippen molar-refractivity contribution in [3.05, 3.63) is 39.9 Å². The SMILES string of the molecule is CC(C)=CCN1CCC(Nc2cc(Br)c(F)cc2F)CC1. The van der Waals surface area contributed by atoms with Gasteiger partial charge >= 0.3 is 0 Å². The number of nitrogens with zero attached hydrogens (tertiary/aromatic N) is 1. The lowest BCUT2D eigenvalue weighted by atomic mass is 10.0. The number of benzene rings is 1. The minimum absolute atomic E-state index is 0.236. The summed E-state index contributed by atoms with van der Waals surface area (Å²) >= 11 is 3.09. The fourth-order valence-corrected chi connectivity index (χ4v) is 2.77. The molecule has 0 amide bonds. The first-order chi connectivity index (χ1) is 9.95. The van der Waals surface area contributed by atoms with Gasteiger partial charge in [-0.15, -0.1) is 0 Å². The molecule has 2 rings (SSSR count). The number of hydrogen-bond donors (Lipinski definition) is 1. The van der Waals surface area contributed by atoms with Crippen molar-refractivity contribution in [3.63, 3.8) is 0 Å². The molecule has 1 fully saturated rings. The maximum Gasteiger partial charge on any atom is 0.149 e. The smallest absolute Gasteiger partial charge is 0.149 e. The molecule has 2 nitrogen and oxygen atoms in total. The molecule has 1 aliphatic heterocycles. The normalized spacial score (nSPS) is 16.8. The molecule has 21 heavy (non-hydrogen) atoms. The standard InChI is InChI=1S/C16H21BrF2N2/c1-11(2)3-6-21-7-4-12(5-8-21)20-16-9-13(17)14(18)10-15(16)19/h3,9-10,12,20H,4-8H2,1-2H3. The summed E-state index contributed by atoms with van der Waals surface area (Å²) in [5, 5.41) is 3.19. The number of anilines is 1. The second-order valence-electron chi connectivity index (χ2n) is 5.75. The number of likely N-dealkylation sites (tertiary alicyclic amines) is 1. The Bertz CT molecular complexity index is 519. The Kier molecular flexibility index (Phi) is 5.76. The van der Waals surface area contributed by atoms with Crippen molar-refractivity contribution < 1.29 is 8.78 Å². The molecule has 0 saturated carbocycles. The molecule has 5 heteroatoms. The van der Waals surface area contributed by atoms with Gasteiger partial charge in [0.05, 0.1) is 10.2 Å². The zero-order valence-electron chi connectivity index (χ0n) is 12.4. The van der Waals surface area contributed by atoms with Crippen molar-refractivity contribution in [2.24, 2.45) is 0 Å². The molecule has 0 bridgehead atoms. The van der Waals surface area contributed by atoms with Crippen LogP contribution in [-0.4, -0.2) is 30.6 Å². The van der Waals surface area contributed by atoms with Crippen LogP contribution in [0.5, 0.6) is 0 Å². The highest BCUT2D eigenvalue weighted by Crippen LogP contribution is 2.25. The van der Waals surface area contributed by atoms with Gasteiger partial charge in [-0.05, 0) is 48.7 Å². The van der Waals surface area contributed by atoms with Crippen molar-refractivity contribution in [2.75, 3.05) is 25.0 Å². The van der Waals surface area contributed by atoms with Crippen LogP contribution < -0.4 is 5.32 Å². The van der Waals surface area contributed by atoms with E-state index >= 15 is 0 Å². The Hall–Kier alpha value is -0.940. The van der Waals surface area contributed by atoms with Crippen molar-refractivity contribution in [1.29, 1.82) is 0 Å². The molecule has 0 atom stereocenters. The second-order valence-corrected chi connectivity index (χ2v) is 6.60. The van der Waals surface area contributed by atoms with Crippen LogP contribution in [0.15, 0.2) is 28.3 Å². The van der Waals surface area contributed by atoms with Crippen LogP contribution in [0, 0.1) is 11.6 Å². The Morgan fingerprint density at radius 3 is 2.57 bits per heavy atom. The Labute approximate surface area is 133 Å². The monoisotopic (exact) mass is 358 g/mol. The van der Waals surface area contributed by atoms with Crippen molar-refractivity contribution >= 4 is 21.6 Å². The first-order valence-electron chi connectivity index (χ1n) is 7.22. The first kappa shape index (κ1) is 16.4. The first-order valence-corrected chi connectivity index (χ1v) is 8.02. The van der Waals surface area contributed by atoms with Gasteiger partial charge in [-0.3, -0.25) is 4.90 Å². The topological polar surface area (TPSA) is 15.3 Å². The third-order valence-electron chi connectivity index (χ3n) is 3.71. The van der Waals surface area contributed by atoms with Crippen LogP contribution >= 0.6 is 15.9 Å².